The zero-order valence-corrected chi connectivity index (χ0v) is 20.5. The van der Waals surface area contributed by atoms with Crippen LogP contribution in [0.1, 0.15) is 37.4 Å². The molecule has 180 valence electrons. The Bertz CT molecular complexity index is 1460. The van der Waals surface area contributed by atoms with Crippen molar-refractivity contribution in [1.29, 1.82) is 0 Å². The molecule has 1 N–H and O–H groups in total. The molecule has 3 aromatic rings. The van der Waals surface area contributed by atoms with Crippen molar-refractivity contribution in [1.82, 2.24) is 9.88 Å². The number of phenols is 1. The molecule has 7 nitrogen and oxygen atoms in total. The van der Waals surface area contributed by atoms with Crippen LogP contribution in [0, 0.1) is 18.2 Å². The van der Waals surface area contributed by atoms with E-state index < -0.39 is 17.7 Å². The van der Waals surface area contributed by atoms with Gasteiger partial charge in [0.15, 0.2) is 0 Å². The van der Waals surface area contributed by atoms with Gasteiger partial charge in [-0.3, -0.25) is 4.79 Å². The number of amides is 1. The third-order valence-electron chi connectivity index (χ3n) is 6.12. The molecule has 0 spiro atoms. The number of phenolic OH excluding ortho intramolecular Hbond substituents is 1. The number of fused-ring (bicyclic) bond motifs is 1. The highest BCUT2D eigenvalue weighted by atomic mass is 79.9. The monoisotopic (exact) mass is 547 g/mol. The lowest BCUT2D eigenvalue weighted by molar-refractivity contribution is 0.0714. The van der Waals surface area contributed by atoms with Gasteiger partial charge < -0.3 is 19.6 Å². The van der Waals surface area contributed by atoms with E-state index in [9.17, 15) is 19.1 Å². The fourth-order valence-corrected chi connectivity index (χ4v) is 4.54. The fourth-order valence-electron chi connectivity index (χ4n) is 4.21. The molecule has 9 heteroatoms. The number of aromatic nitrogens is 1. The van der Waals surface area contributed by atoms with E-state index in [2.05, 4.69) is 26.8 Å². The SMILES string of the molecule is C#Cc1ccc(N2CCN(C(=O)c3cc(/C=C4\OC(=O)c5ccc(Br)c(O)c54)ccc3F)CC2)nc1. The van der Waals surface area contributed by atoms with Gasteiger partial charge in [-0.05, 0) is 64.0 Å². The van der Waals surface area contributed by atoms with Crippen LogP contribution in [0.2, 0.25) is 0 Å². The Balaban J connectivity index is 1.35. The number of benzene rings is 2. The van der Waals surface area contributed by atoms with Crippen molar-refractivity contribution < 1.29 is 23.8 Å². The molecule has 2 aromatic carbocycles. The van der Waals surface area contributed by atoms with Gasteiger partial charge in [0.25, 0.3) is 5.91 Å². The first-order valence-electron chi connectivity index (χ1n) is 11.1. The van der Waals surface area contributed by atoms with Crippen molar-refractivity contribution >= 4 is 45.5 Å². The number of ether oxygens (including phenoxy) is 1. The molecule has 0 atom stereocenters. The summed E-state index contributed by atoms with van der Waals surface area (Å²) in [4.78, 5) is 33.4. The number of anilines is 1. The number of carbonyl (C=O) groups excluding carboxylic acids is 2. The van der Waals surface area contributed by atoms with E-state index in [4.69, 9.17) is 11.2 Å². The van der Waals surface area contributed by atoms with E-state index in [0.717, 1.165) is 5.82 Å². The van der Waals surface area contributed by atoms with Crippen LogP contribution in [0.5, 0.6) is 5.75 Å². The van der Waals surface area contributed by atoms with E-state index in [1.807, 2.05) is 17.0 Å². The third-order valence-corrected chi connectivity index (χ3v) is 6.76. The number of piperazine rings is 1. The third kappa shape index (κ3) is 4.32. The molecule has 2 aliphatic heterocycles. The second kappa shape index (κ2) is 9.47. The lowest BCUT2D eigenvalue weighted by Crippen LogP contribution is -2.49. The van der Waals surface area contributed by atoms with E-state index in [-0.39, 0.29) is 28.2 Å². The first-order valence-corrected chi connectivity index (χ1v) is 11.9. The van der Waals surface area contributed by atoms with Crippen LogP contribution in [0.15, 0.2) is 53.1 Å². The van der Waals surface area contributed by atoms with Gasteiger partial charge in [-0.1, -0.05) is 12.0 Å². The average Bonchev–Trinajstić information content (AvgIpc) is 3.22. The Kier molecular flexibility index (Phi) is 6.20. The summed E-state index contributed by atoms with van der Waals surface area (Å²) < 4.78 is 20.4. The fraction of sp³-hybridized carbons (Fsp3) is 0.148. The number of carbonyl (C=O) groups is 2. The van der Waals surface area contributed by atoms with Crippen LogP contribution in [-0.4, -0.2) is 53.0 Å². The van der Waals surface area contributed by atoms with Gasteiger partial charge in [-0.25, -0.2) is 14.2 Å². The molecule has 0 radical (unpaired) electrons. The van der Waals surface area contributed by atoms with Gasteiger partial charge in [0, 0.05) is 37.9 Å². The van der Waals surface area contributed by atoms with Gasteiger partial charge >= 0.3 is 5.97 Å². The number of cyclic esters (lactones) is 1. The van der Waals surface area contributed by atoms with Crippen LogP contribution in [-0.2, 0) is 4.74 Å². The smallest absolute Gasteiger partial charge is 0.344 e. The van der Waals surface area contributed by atoms with Crippen molar-refractivity contribution in [3.63, 3.8) is 0 Å². The number of hydrogen-bond acceptors (Lipinski definition) is 6. The average molecular weight is 548 g/mol. The predicted molar refractivity (Wildman–Crippen MR) is 136 cm³/mol. The highest BCUT2D eigenvalue weighted by Crippen LogP contribution is 2.41. The highest BCUT2D eigenvalue weighted by Gasteiger charge is 2.31. The molecular weight excluding hydrogens is 529 g/mol. The summed E-state index contributed by atoms with van der Waals surface area (Å²) in [5.41, 5.74) is 1.52. The molecular formula is C27H19BrFN3O4. The summed E-state index contributed by atoms with van der Waals surface area (Å²) in [6.45, 7) is 1.88. The molecule has 36 heavy (non-hydrogen) atoms. The normalized spacial score (nSPS) is 16.0. The Labute approximate surface area is 214 Å². The van der Waals surface area contributed by atoms with Crippen LogP contribution in [0.4, 0.5) is 10.2 Å². The van der Waals surface area contributed by atoms with Crippen LogP contribution in [0.25, 0.3) is 11.8 Å². The Hall–Kier alpha value is -4.16. The van der Waals surface area contributed by atoms with Crippen molar-refractivity contribution in [2.75, 3.05) is 31.1 Å². The zero-order valence-electron chi connectivity index (χ0n) is 18.9. The van der Waals surface area contributed by atoms with Crippen molar-refractivity contribution in [3.05, 3.63) is 86.8 Å². The van der Waals surface area contributed by atoms with Crippen LogP contribution in [0.3, 0.4) is 0 Å². The van der Waals surface area contributed by atoms with Gasteiger partial charge in [0.05, 0.1) is 21.2 Å². The number of terminal acetylenes is 1. The largest absolute Gasteiger partial charge is 0.506 e. The maximum absolute atomic E-state index is 14.7. The molecule has 5 rings (SSSR count). The Morgan fingerprint density at radius 1 is 1.17 bits per heavy atom. The first kappa shape index (κ1) is 23.6. The molecule has 0 aliphatic carbocycles. The maximum atomic E-state index is 14.7. The summed E-state index contributed by atoms with van der Waals surface area (Å²) in [6.07, 6.45) is 8.50. The number of esters is 1. The molecule has 2 aliphatic rings. The molecule has 1 saturated heterocycles. The minimum atomic E-state index is -0.648. The summed E-state index contributed by atoms with van der Waals surface area (Å²) in [7, 11) is 0. The number of pyridine rings is 1. The highest BCUT2D eigenvalue weighted by molar-refractivity contribution is 9.10. The molecule has 1 fully saturated rings. The van der Waals surface area contributed by atoms with Crippen molar-refractivity contribution in [2.45, 2.75) is 0 Å². The topological polar surface area (TPSA) is 83.0 Å². The van der Waals surface area contributed by atoms with Crippen molar-refractivity contribution in [3.8, 4) is 18.1 Å². The predicted octanol–water partition coefficient (Wildman–Crippen LogP) is 4.30. The first-order chi connectivity index (χ1) is 17.4. The van der Waals surface area contributed by atoms with Crippen LogP contribution < -0.4 is 4.90 Å². The molecule has 0 saturated carbocycles. The van der Waals surface area contributed by atoms with E-state index in [1.54, 1.807) is 23.2 Å². The minimum absolute atomic E-state index is 0.0858. The molecule has 0 bridgehead atoms. The molecule has 1 amide bonds. The number of rotatable bonds is 3. The van der Waals surface area contributed by atoms with E-state index >= 15 is 0 Å². The lowest BCUT2D eigenvalue weighted by Gasteiger charge is -2.35. The number of hydrogen-bond donors (Lipinski definition) is 1. The molecule has 3 heterocycles. The second-order valence-electron chi connectivity index (χ2n) is 8.28. The Morgan fingerprint density at radius 2 is 1.94 bits per heavy atom. The summed E-state index contributed by atoms with van der Waals surface area (Å²) in [6, 6.07) is 10.8. The number of nitrogens with zero attached hydrogens (tertiary/aromatic N) is 3. The number of halogens is 2. The quantitative estimate of drug-likeness (QED) is 0.389. The zero-order chi connectivity index (χ0) is 25.4. The van der Waals surface area contributed by atoms with Gasteiger partial charge in [-0.15, -0.1) is 6.42 Å². The molecule has 1 aromatic heterocycles. The van der Waals surface area contributed by atoms with Gasteiger partial charge in [0.2, 0.25) is 0 Å². The Morgan fingerprint density at radius 3 is 2.64 bits per heavy atom. The van der Waals surface area contributed by atoms with Crippen LogP contribution >= 0.6 is 15.9 Å². The standard InChI is InChI=1S/C27H19BrFN3O4/c1-2-16-4-8-23(30-15-16)31-9-11-32(12-10-31)26(34)19-13-17(3-7-21(19)29)14-22-24-18(27(35)36-22)5-6-20(28)25(24)33/h1,3-8,13-15,33H,9-12H2/b22-14-. The summed E-state index contributed by atoms with van der Waals surface area (Å²) >= 11 is 3.23. The maximum Gasteiger partial charge on any atom is 0.344 e. The second-order valence-corrected chi connectivity index (χ2v) is 9.14. The minimum Gasteiger partial charge on any atom is -0.506 e. The lowest BCUT2D eigenvalue weighted by atomic mass is 10.0. The summed E-state index contributed by atoms with van der Waals surface area (Å²) in [5, 5.41) is 10.4. The van der Waals surface area contributed by atoms with Gasteiger partial charge in [-0.2, -0.15) is 0 Å². The molecule has 0 unspecified atom stereocenters. The van der Waals surface area contributed by atoms with E-state index in [1.165, 1.54) is 24.3 Å². The summed E-state index contributed by atoms with van der Waals surface area (Å²) in [5.74, 6) is 1.60. The van der Waals surface area contributed by atoms with E-state index in [0.29, 0.717) is 41.8 Å². The van der Waals surface area contributed by atoms with Crippen molar-refractivity contribution in [2.24, 2.45) is 0 Å². The number of aromatic hydroxyl groups is 1. The van der Waals surface area contributed by atoms with Gasteiger partial charge in [0.1, 0.15) is 23.1 Å².